The van der Waals surface area contributed by atoms with Crippen LogP contribution < -0.4 is 5.32 Å². The van der Waals surface area contributed by atoms with Crippen LogP contribution in [0, 0.1) is 11.3 Å². The van der Waals surface area contributed by atoms with E-state index in [2.05, 4.69) is 19.2 Å². The molecule has 1 aliphatic rings. The van der Waals surface area contributed by atoms with Crippen molar-refractivity contribution < 1.29 is 14.7 Å². The van der Waals surface area contributed by atoms with E-state index in [-0.39, 0.29) is 17.2 Å². The van der Waals surface area contributed by atoms with E-state index in [9.17, 15) is 9.59 Å². The summed E-state index contributed by atoms with van der Waals surface area (Å²) in [5.41, 5.74) is -0.994. The maximum Gasteiger partial charge on any atom is 0.328 e. The lowest BCUT2D eigenvalue weighted by atomic mass is 9.72. The Hall–Kier alpha value is -1.06. The van der Waals surface area contributed by atoms with Gasteiger partial charge in [0.1, 0.15) is 5.54 Å². The number of hydrogen-bond acceptors (Lipinski definition) is 2. The maximum absolute atomic E-state index is 12.0. The van der Waals surface area contributed by atoms with Crippen molar-refractivity contribution in [3.8, 4) is 0 Å². The first-order valence-electron chi connectivity index (χ1n) is 6.19. The van der Waals surface area contributed by atoms with Crippen LogP contribution in [0.2, 0.25) is 0 Å². The van der Waals surface area contributed by atoms with Crippen LogP contribution in [0.1, 0.15) is 53.4 Å². The van der Waals surface area contributed by atoms with Crippen molar-refractivity contribution in [1.82, 2.24) is 5.32 Å². The Balaban J connectivity index is 2.62. The molecule has 1 fully saturated rings. The first-order chi connectivity index (χ1) is 7.64. The fraction of sp³-hybridized carbons (Fsp3) is 0.846. The number of amides is 1. The molecule has 1 unspecified atom stereocenters. The second-order valence-electron chi connectivity index (χ2n) is 6.38. The summed E-state index contributed by atoms with van der Waals surface area (Å²) in [6.07, 6.45) is 3.89. The number of carbonyl (C=O) groups excluding carboxylic acids is 1. The molecule has 0 heterocycles. The molecule has 0 aromatic rings. The first kappa shape index (κ1) is 14.0. The molecule has 0 bridgehead atoms. The number of carbonyl (C=O) groups is 2. The molecule has 2 N–H and O–H groups in total. The Morgan fingerprint density at radius 1 is 1.35 bits per heavy atom. The molecule has 0 saturated heterocycles. The lowest BCUT2D eigenvalue weighted by molar-refractivity contribution is -0.147. The zero-order chi connectivity index (χ0) is 13.3. The van der Waals surface area contributed by atoms with E-state index in [1.54, 1.807) is 0 Å². The molecule has 0 spiro atoms. The van der Waals surface area contributed by atoms with Gasteiger partial charge < -0.3 is 10.4 Å². The molecule has 98 valence electrons. The van der Waals surface area contributed by atoms with Crippen molar-refractivity contribution in [1.29, 1.82) is 0 Å². The third-order valence-electron chi connectivity index (χ3n) is 3.55. The molecule has 0 aromatic heterocycles. The summed E-state index contributed by atoms with van der Waals surface area (Å²) in [7, 11) is 0. The minimum absolute atomic E-state index is 0.0441. The van der Waals surface area contributed by atoms with Crippen LogP contribution in [0.4, 0.5) is 0 Å². The van der Waals surface area contributed by atoms with Gasteiger partial charge in [-0.15, -0.1) is 0 Å². The Labute approximate surface area is 103 Å². The quantitative estimate of drug-likeness (QED) is 0.796. The molecular formula is C13H23NO3. The summed E-state index contributed by atoms with van der Waals surface area (Å²) in [5.74, 6) is -1.16. The van der Waals surface area contributed by atoms with Crippen molar-refractivity contribution in [2.45, 2.75) is 58.9 Å². The van der Waals surface area contributed by atoms with Gasteiger partial charge in [0.25, 0.3) is 0 Å². The van der Waals surface area contributed by atoms with Gasteiger partial charge >= 0.3 is 5.97 Å². The van der Waals surface area contributed by atoms with Gasteiger partial charge in [-0.05, 0) is 38.5 Å². The third kappa shape index (κ3) is 3.72. The molecule has 4 nitrogen and oxygen atoms in total. The molecule has 4 heteroatoms. The molecule has 17 heavy (non-hydrogen) atoms. The van der Waals surface area contributed by atoms with E-state index in [0.29, 0.717) is 0 Å². The average molecular weight is 241 g/mol. The van der Waals surface area contributed by atoms with Crippen LogP contribution in [-0.4, -0.2) is 22.5 Å². The van der Waals surface area contributed by atoms with E-state index in [1.165, 1.54) is 13.8 Å². The Bertz CT molecular complexity index is 321. The van der Waals surface area contributed by atoms with Gasteiger partial charge in [-0.25, -0.2) is 4.79 Å². The number of carboxylic acid groups (broad SMARTS) is 1. The summed E-state index contributed by atoms with van der Waals surface area (Å²) >= 11 is 0. The van der Waals surface area contributed by atoms with Crippen LogP contribution in [0.3, 0.4) is 0 Å². The highest BCUT2D eigenvalue weighted by molar-refractivity contribution is 5.87. The van der Waals surface area contributed by atoms with Crippen molar-refractivity contribution in [2.75, 3.05) is 0 Å². The number of carboxylic acids is 1. The van der Waals surface area contributed by atoms with E-state index in [1.807, 2.05) is 0 Å². The van der Waals surface area contributed by atoms with Gasteiger partial charge in [-0.1, -0.05) is 20.3 Å². The Morgan fingerprint density at radius 2 is 1.94 bits per heavy atom. The lowest BCUT2D eigenvalue weighted by Gasteiger charge is -2.35. The number of hydrogen-bond donors (Lipinski definition) is 2. The Morgan fingerprint density at radius 3 is 2.41 bits per heavy atom. The van der Waals surface area contributed by atoms with E-state index < -0.39 is 11.5 Å². The molecule has 1 aliphatic carbocycles. The molecule has 0 aliphatic heterocycles. The molecule has 0 radical (unpaired) electrons. The topological polar surface area (TPSA) is 66.4 Å². The minimum atomic E-state index is -1.18. The van der Waals surface area contributed by atoms with Gasteiger partial charge in [0, 0.05) is 5.92 Å². The standard InChI is InChI=1S/C13H23NO3/c1-12(2)7-5-6-9(8-12)10(15)14-13(3,4)11(16)17/h9H,5-8H2,1-4H3,(H,14,15)(H,16,17). The second kappa shape index (κ2) is 4.67. The number of aliphatic carboxylic acids is 1. The fourth-order valence-electron chi connectivity index (χ4n) is 2.39. The van der Waals surface area contributed by atoms with Crippen molar-refractivity contribution in [3.63, 3.8) is 0 Å². The van der Waals surface area contributed by atoms with Crippen LogP contribution in [0.5, 0.6) is 0 Å². The fourth-order valence-corrected chi connectivity index (χ4v) is 2.39. The molecular weight excluding hydrogens is 218 g/mol. The highest BCUT2D eigenvalue weighted by atomic mass is 16.4. The molecule has 0 aromatic carbocycles. The highest BCUT2D eigenvalue weighted by Crippen LogP contribution is 2.38. The van der Waals surface area contributed by atoms with Crippen LogP contribution >= 0.6 is 0 Å². The van der Waals surface area contributed by atoms with Crippen LogP contribution in [0.25, 0.3) is 0 Å². The van der Waals surface area contributed by atoms with Crippen molar-refractivity contribution >= 4 is 11.9 Å². The van der Waals surface area contributed by atoms with Crippen LogP contribution in [0.15, 0.2) is 0 Å². The predicted molar refractivity (Wildman–Crippen MR) is 65.6 cm³/mol. The number of nitrogens with one attached hydrogen (secondary N) is 1. The van der Waals surface area contributed by atoms with Crippen molar-refractivity contribution in [3.05, 3.63) is 0 Å². The summed E-state index contributed by atoms with van der Waals surface area (Å²) in [5, 5.41) is 11.6. The summed E-state index contributed by atoms with van der Waals surface area (Å²) in [6, 6.07) is 0. The normalized spacial score (nSPS) is 24.1. The van der Waals surface area contributed by atoms with Gasteiger partial charge in [0.05, 0.1) is 0 Å². The summed E-state index contributed by atoms with van der Waals surface area (Å²) < 4.78 is 0. The Kier molecular flexibility index (Phi) is 3.84. The molecule has 1 rings (SSSR count). The zero-order valence-corrected chi connectivity index (χ0v) is 11.2. The SMILES string of the molecule is CC1(C)CCCC(C(=O)NC(C)(C)C(=O)O)C1. The smallest absolute Gasteiger partial charge is 0.328 e. The van der Waals surface area contributed by atoms with Crippen LogP contribution in [-0.2, 0) is 9.59 Å². The van der Waals surface area contributed by atoms with Gasteiger partial charge in [0.2, 0.25) is 5.91 Å². The first-order valence-corrected chi connectivity index (χ1v) is 6.19. The average Bonchev–Trinajstić information content (AvgIpc) is 2.15. The lowest BCUT2D eigenvalue weighted by Crippen LogP contribution is -2.52. The van der Waals surface area contributed by atoms with Gasteiger partial charge in [0.15, 0.2) is 0 Å². The van der Waals surface area contributed by atoms with E-state index in [0.717, 1.165) is 25.7 Å². The second-order valence-corrected chi connectivity index (χ2v) is 6.38. The largest absolute Gasteiger partial charge is 0.480 e. The van der Waals surface area contributed by atoms with E-state index >= 15 is 0 Å². The van der Waals surface area contributed by atoms with E-state index in [4.69, 9.17) is 5.11 Å². The summed E-state index contributed by atoms with van der Waals surface area (Å²) in [4.78, 5) is 23.0. The van der Waals surface area contributed by atoms with Gasteiger partial charge in [-0.2, -0.15) is 0 Å². The highest BCUT2D eigenvalue weighted by Gasteiger charge is 2.36. The van der Waals surface area contributed by atoms with Crippen molar-refractivity contribution in [2.24, 2.45) is 11.3 Å². The molecule has 1 saturated carbocycles. The number of rotatable bonds is 3. The summed E-state index contributed by atoms with van der Waals surface area (Å²) in [6.45, 7) is 7.35. The van der Waals surface area contributed by atoms with Gasteiger partial charge in [-0.3, -0.25) is 4.79 Å². The monoisotopic (exact) mass is 241 g/mol. The zero-order valence-electron chi connectivity index (χ0n) is 11.2. The molecule has 1 amide bonds. The predicted octanol–water partition coefficient (Wildman–Crippen LogP) is 2.18. The maximum atomic E-state index is 12.0. The third-order valence-corrected chi connectivity index (χ3v) is 3.55. The minimum Gasteiger partial charge on any atom is -0.480 e. The molecule has 1 atom stereocenters.